The van der Waals surface area contributed by atoms with E-state index in [4.69, 9.17) is 10.3 Å². The molecule has 2 aromatic heterocycles. The zero-order chi connectivity index (χ0) is 22.9. The van der Waals surface area contributed by atoms with Crippen molar-refractivity contribution in [2.75, 3.05) is 5.73 Å². The highest BCUT2D eigenvalue weighted by molar-refractivity contribution is 7.85. The first-order valence-electron chi connectivity index (χ1n) is 9.18. The summed E-state index contributed by atoms with van der Waals surface area (Å²) < 4.78 is 34.5. The molecule has 0 saturated carbocycles. The van der Waals surface area contributed by atoms with E-state index in [9.17, 15) is 13.7 Å². The van der Waals surface area contributed by atoms with Gasteiger partial charge in [-0.3, -0.25) is 4.55 Å². The van der Waals surface area contributed by atoms with Gasteiger partial charge in [0.15, 0.2) is 17.3 Å². The second kappa shape index (κ2) is 8.06. The summed E-state index contributed by atoms with van der Waals surface area (Å²) in [6.07, 6.45) is 1.31. The van der Waals surface area contributed by atoms with E-state index in [1.54, 1.807) is 11.6 Å². The van der Waals surface area contributed by atoms with E-state index >= 15 is 0 Å². The lowest BCUT2D eigenvalue weighted by atomic mass is 10.3. The van der Waals surface area contributed by atoms with Gasteiger partial charge in [0.25, 0.3) is 10.1 Å². The van der Waals surface area contributed by atoms with Crippen LogP contribution >= 0.6 is 0 Å². The average molecular weight is 448 g/mol. The molecular weight excluding hydrogens is 432 g/mol. The van der Waals surface area contributed by atoms with Gasteiger partial charge in [-0.25, -0.2) is 9.36 Å². The highest BCUT2D eigenvalue weighted by Crippen LogP contribution is 2.32. The van der Waals surface area contributed by atoms with Crippen LogP contribution in [-0.4, -0.2) is 32.5 Å². The smallest absolute Gasteiger partial charge is 0.294 e. The van der Waals surface area contributed by atoms with Crippen LogP contribution in [0.2, 0.25) is 0 Å². The Morgan fingerprint density at radius 1 is 1.03 bits per heavy atom. The van der Waals surface area contributed by atoms with Crippen molar-refractivity contribution in [1.82, 2.24) is 19.6 Å². The second-order valence-electron chi connectivity index (χ2n) is 6.64. The molecule has 0 aliphatic carbocycles. The van der Waals surface area contributed by atoms with Crippen molar-refractivity contribution in [3.8, 4) is 17.4 Å². The van der Waals surface area contributed by atoms with Gasteiger partial charge >= 0.3 is 0 Å². The second-order valence-corrected chi connectivity index (χ2v) is 8.06. The van der Waals surface area contributed by atoms with Crippen LogP contribution in [0.4, 0.5) is 17.3 Å². The third-order valence-corrected chi connectivity index (χ3v) is 5.42. The Morgan fingerprint density at radius 3 is 2.31 bits per heavy atom. The van der Waals surface area contributed by atoms with Gasteiger partial charge in [-0.15, -0.1) is 10.2 Å². The van der Waals surface area contributed by atoms with Crippen LogP contribution < -0.4 is 5.73 Å². The van der Waals surface area contributed by atoms with Gasteiger partial charge in [0, 0.05) is 0 Å². The molecule has 0 amide bonds. The minimum absolute atomic E-state index is 0.123. The molecule has 4 aromatic rings. The highest BCUT2D eigenvalue weighted by atomic mass is 32.2. The first-order chi connectivity index (χ1) is 15.3. The van der Waals surface area contributed by atoms with Gasteiger partial charge < -0.3 is 5.73 Å². The van der Waals surface area contributed by atoms with E-state index in [0.717, 1.165) is 5.69 Å². The average Bonchev–Trinajstić information content (AvgIpc) is 3.32. The number of azo groups is 1. The summed E-state index contributed by atoms with van der Waals surface area (Å²) in [5.41, 5.74) is 8.44. The van der Waals surface area contributed by atoms with Crippen LogP contribution in [0.1, 0.15) is 11.3 Å². The lowest BCUT2D eigenvalue weighted by Gasteiger charge is -2.05. The van der Waals surface area contributed by atoms with Gasteiger partial charge in [-0.2, -0.15) is 23.9 Å². The van der Waals surface area contributed by atoms with Crippen molar-refractivity contribution in [3.05, 3.63) is 72.1 Å². The molecule has 160 valence electrons. The summed E-state index contributed by atoms with van der Waals surface area (Å²) in [5, 5.41) is 26.4. The Morgan fingerprint density at radius 2 is 1.69 bits per heavy atom. The number of aryl methyl sites for hydroxylation is 1. The molecule has 0 radical (unpaired) electrons. The zero-order valence-corrected chi connectivity index (χ0v) is 17.5. The zero-order valence-electron chi connectivity index (χ0n) is 16.7. The van der Waals surface area contributed by atoms with Crippen LogP contribution in [-0.2, 0) is 10.1 Å². The van der Waals surface area contributed by atoms with E-state index in [-0.39, 0.29) is 22.1 Å². The van der Waals surface area contributed by atoms with Crippen LogP contribution in [0.3, 0.4) is 0 Å². The van der Waals surface area contributed by atoms with Crippen molar-refractivity contribution in [2.45, 2.75) is 11.8 Å². The quantitative estimate of drug-likeness (QED) is 0.348. The van der Waals surface area contributed by atoms with Crippen LogP contribution in [0.25, 0.3) is 11.4 Å². The maximum atomic E-state index is 11.3. The predicted molar refractivity (Wildman–Crippen MR) is 115 cm³/mol. The van der Waals surface area contributed by atoms with E-state index in [1.807, 2.05) is 36.4 Å². The molecule has 0 saturated heterocycles. The molecule has 0 unspecified atom stereocenters. The molecule has 0 aliphatic rings. The number of para-hydroxylation sites is 1. The summed E-state index contributed by atoms with van der Waals surface area (Å²) in [5.74, 6) is 0.401. The molecule has 0 atom stereocenters. The minimum atomic E-state index is -4.33. The monoisotopic (exact) mass is 448 g/mol. The third kappa shape index (κ3) is 3.85. The van der Waals surface area contributed by atoms with Crippen molar-refractivity contribution in [1.29, 1.82) is 5.26 Å². The van der Waals surface area contributed by atoms with Gasteiger partial charge in [-0.05, 0) is 43.3 Å². The minimum Gasteiger partial charge on any atom is -0.382 e. The summed E-state index contributed by atoms with van der Waals surface area (Å²) in [4.78, 5) is -0.270. The number of nitrogens with zero attached hydrogens (tertiary/aromatic N) is 7. The first kappa shape index (κ1) is 20.9. The largest absolute Gasteiger partial charge is 0.382 e. The standard InChI is InChI=1S/C20H16N8O3S/c1-13-18(19(22)27(26-13)15-5-3-2-4-6-15)24-25-20-14(11-21)12-23-28(20)16-7-9-17(10-8-16)32(29,30)31/h2-10,12H,22H2,1H3,(H,29,30,31). The SMILES string of the molecule is Cc1nn(-c2ccccc2)c(N)c1N=Nc1c(C#N)cnn1-c1ccc(S(=O)(=O)O)cc1. The van der Waals surface area contributed by atoms with Crippen LogP contribution in [0, 0.1) is 18.3 Å². The summed E-state index contributed by atoms with van der Waals surface area (Å²) in [6.45, 7) is 1.74. The van der Waals surface area contributed by atoms with E-state index in [1.165, 1.54) is 35.1 Å². The van der Waals surface area contributed by atoms with E-state index in [2.05, 4.69) is 20.4 Å². The third-order valence-electron chi connectivity index (χ3n) is 4.55. The fourth-order valence-electron chi connectivity index (χ4n) is 2.99. The molecule has 3 N–H and O–H groups in total. The molecule has 2 heterocycles. The predicted octanol–water partition coefficient (Wildman–Crippen LogP) is 3.48. The van der Waals surface area contributed by atoms with Gasteiger partial charge in [0.1, 0.15) is 11.6 Å². The Kier molecular flexibility index (Phi) is 5.27. The molecular formula is C20H16N8O3S. The van der Waals surface area contributed by atoms with Crippen LogP contribution in [0.5, 0.6) is 0 Å². The topological polar surface area (TPSA) is 165 Å². The number of rotatable bonds is 5. The first-order valence-corrected chi connectivity index (χ1v) is 10.6. The number of hydrogen-bond donors (Lipinski definition) is 2. The number of aromatic nitrogens is 4. The molecule has 0 bridgehead atoms. The fraction of sp³-hybridized carbons (Fsp3) is 0.0500. The number of nitrogen functional groups attached to an aromatic ring is 1. The molecule has 0 aliphatic heterocycles. The maximum absolute atomic E-state index is 11.3. The van der Waals surface area contributed by atoms with Gasteiger partial charge in [-0.1, -0.05) is 18.2 Å². The van der Waals surface area contributed by atoms with Crippen molar-refractivity contribution < 1.29 is 13.0 Å². The molecule has 0 fully saturated rings. The number of nitriles is 1. The van der Waals surface area contributed by atoms with E-state index < -0.39 is 10.1 Å². The normalized spacial score (nSPS) is 11.7. The number of nitrogens with two attached hydrogens (primary N) is 1. The number of benzene rings is 2. The summed E-state index contributed by atoms with van der Waals surface area (Å²) in [7, 11) is -4.33. The van der Waals surface area contributed by atoms with Gasteiger partial charge in [0.2, 0.25) is 0 Å². The van der Waals surface area contributed by atoms with E-state index in [0.29, 0.717) is 17.1 Å². The molecule has 11 nitrogen and oxygen atoms in total. The van der Waals surface area contributed by atoms with Crippen molar-refractivity contribution in [2.24, 2.45) is 10.2 Å². The Hall–Kier alpha value is -4.34. The molecule has 0 spiro atoms. The highest BCUT2D eigenvalue weighted by Gasteiger charge is 2.17. The van der Waals surface area contributed by atoms with Crippen LogP contribution in [0.15, 0.2) is 75.9 Å². The van der Waals surface area contributed by atoms with Crippen molar-refractivity contribution in [3.63, 3.8) is 0 Å². The van der Waals surface area contributed by atoms with Gasteiger partial charge in [0.05, 0.1) is 28.2 Å². The summed E-state index contributed by atoms with van der Waals surface area (Å²) >= 11 is 0. The molecule has 32 heavy (non-hydrogen) atoms. The summed E-state index contributed by atoms with van der Waals surface area (Å²) in [6, 6.07) is 16.6. The maximum Gasteiger partial charge on any atom is 0.294 e. The lowest BCUT2D eigenvalue weighted by Crippen LogP contribution is -2.01. The Labute approximate surface area is 182 Å². The Balaban J connectivity index is 1.74. The Bertz CT molecular complexity index is 1460. The molecule has 12 heteroatoms. The molecule has 2 aromatic carbocycles. The number of anilines is 1. The lowest BCUT2D eigenvalue weighted by molar-refractivity contribution is 0.483. The molecule has 4 rings (SSSR count). The van der Waals surface area contributed by atoms with Crippen molar-refractivity contribution >= 4 is 27.4 Å². The fourth-order valence-corrected chi connectivity index (χ4v) is 3.47. The number of hydrogen-bond acceptors (Lipinski definition) is 8.